The van der Waals surface area contributed by atoms with E-state index in [0.717, 1.165) is 26.5 Å². The largest absolute Gasteiger partial charge is 0.492 e. The number of ether oxygens (including phenoxy) is 3. The van der Waals surface area contributed by atoms with E-state index >= 15 is 0 Å². The monoisotopic (exact) mass is 539 g/mol. The van der Waals surface area contributed by atoms with E-state index < -0.39 is 0 Å². The number of halogens is 1. The van der Waals surface area contributed by atoms with Gasteiger partial charge in [0.25, 0.3) is 11.1 Å². The van der Waals surface area contributed by atoms with Crippen molar-refractivity contribution in [1.82, 2.24) is 4.90 Å². The Balaban J connectivity index is 1.70. The van der Waals surface area contributed by atoms with Crippen LogP contribution in [0, 0.1) is 10.5 Å². The number of carbonyl (C=O) groups is 2. The molecule has 1 fully saturated rings. The van der Waals surface area contributed by atoms with Gasteiger partial charge in [0.15, 0.2) is 11.5 Å². The highest BCUT2D eigenvalue weighted by Crippen LogP contribution is 2.37. The first-order valence-corrected chi connectivity index (χ1v) is 11.3. The topological polar surface area (TPSA) is 65.1 Å². The van der Waals surface area contributed by atoms with Gasteiger partial charge in [0.1, 0.15) is 12.4 Å². The summed E-state index contributed by atoms with van der Waals surface area (Å²) in [6.45, 7) is 4.82. The minimum absolute atomic E-state index is 0.195. The molecule has 1 aliphatic heterocycles. The molecule has 1 heterocycles. The van der Waals surface area contributed by atoms with Gasteiger partial charge in [-0.2, -0.15) is 0 Å². The van der Waals surface area contributed by atoms with Crippen molar-refractivity contribution < 1.29 is 23.8 Å². The lowest BCUT2D eigenvalue weighted by Gasteiger charge is -2.13. The van der Waals surface area contributed by atoms with Crippen LogP contribution >= 0.6 is 34.4 Å². The van der Waals surface area contributed by atoms with Crippen LogP contribution in [0.15, 0.2) is 41.3 Å². The number of amides is 2. The van der Waals surface area contributed by atoms with Gasteiger partial charge in [0.2, 0.25) is 0 Å². The van der Waals surface area contributed by atoms with E-state index in [1.807, 2.05) is 44.2 Å². The van der Waals surface area contributed by atoms with Crippen LogP contribution in [0.5, 0.6) is 17.2 Å². The summed E-state index contributed by atoms with van der Waals surface area (Å²) < 4.78 is 17.5. The first-order chi connectivity index (χ1) is 14.4. The molecule has 2 aromatic rings. The first kappa shape index (κ1) is 22.5. The van der Waals surface area contributed by atoms with Crippen LogP contribution in [0.3, 0.4) is 0 Å². The molecule has 1 aliphatic rings. The highest BCUT2D eigenvalue weighted by Gasteiger charge is 2.34. The molecule has 6 nitrogen and oxygen atoms in total. The van der Waals surface area contributed by atoms with Gasteiger partial charge in [0, 0.05) is 0 Å². The van der Waals surface area contributed by atoms with Crippen molar-refractivity contribution in [2.45, 2.75) is 13.8 Å². The Bertz CT molecular complexity index is 974. The fourth-order valence-electron chi connectivity index (χ4n) is 2.87. The zero-order chi connectivity index (χ0) is 21.7. The molecular formula is C22H22INO5S. The highest BCUT2D eigenvalue weighted by atomic mass is 127. The molecule has 2 amide bonds. The zero-order valence-corrected chi connectivity index (χ0v) is 19.9. The van der Waals surface area contributed by atoms with Gasteiger partial charge in [-0.3, -0.25) is 14.5 Å². The fraction of sp³-hybridized carbons (Fsp3) is 0.273. The maximum Gasteiger partial charge on any atom is 0.293 e. The molecule has 3 rings (SSSR count). The van der Waals surface area contributed by atoms with Crippen LogP contribution in [0.2, 0.25) is 0 Å². The smallest absolute Gasteiger partial charge is 0.293 e. The van der Waals surface area contributed by atoms with Crippen molar-refractivity contribution in [2.75, 3.05) is 26.9 Å². The van der Waals surface area contributed by atoms with Crippen molar-refractivity contribution >= 4 is 51.6 Å². The maximum atomic E-state index is 12.7. The third kappa shape index (κ3) is 5.28. The molecule has 0 atom stereocenters. The highest BCUT2D eigenvalue weighted by molar-refractivity contribution is 14.1. The summed E-state index contributed by atoms with van der Waals surface area (Å²) in [7, 11) is 1.59. The SMILES string of the molecule is CCOc1cc(/C=C2\SC(=O)N(CCOc3ccc(C)cc3)C2=O)cc(I)c1OC. The van der Waals surface area contributed by atoms with E-state index in [2.05, 4.69) is 22.6 Å². The predicted molar refractivity (Wildman–Crippen MR) is 126 cm³/mol. The van der Waals surface area contributed by atoms with Crippen LogP contribution in [0.25, 0.3) is 6.08 Å². The third-order valence-electron chi connectivity index (χ3n) is 4.31. The molecular weight excluding hydrogens is 517 g/mol. The van der Waals surface area contributed by atoms with Crippen LogP contribution in [0.1, 0.15) is 18.1 Å². The molecule has 0 aliphatic carbocycles. The van der Waals surface area contributed by atoms with Crippen molar-refractivity contribution in [3.8, 4) is 17.2 Å². The van der Waals surface area contributed by atoms with Gasteiger partial charge in [0.05, 0.1) is 28.7 Å². The molecule has 0 N–H and O–H groups in total. The maximum absolute atomic E-state index is 12.7. The summed E-state index contributed by atoms with van der Waals surface area (Å²) in [5.41, 5.74) is 1.91. The van der Waals surface area contributed by atoms with E-state index in [1.54, 1.807) is 19.3 Å². The van der Waals surface area contributed by atoms with Gasteiger partial charge in [-0.25, -0.2) is 0 Å². The van der Waals surface area contributed by atoms with Crippen molar-refractivity contribution in [3.05, 3.63) is 56.0 Å². The van der Waals surface area contributed by atoms with Crippen LogP contribution < -0.4 is 14.2 Å². The number of rotatable bonds is 8. The number of benzene rings is 2. The molecule has 8 heteroatoms. The summed E-state index contributed by atoms with van der Waals surface area (Å²) in [4.78, 5) is 26.6. The second kappa shape index (κ2) is 10.2. The van der Waals surface area contributed by atoms with E-state index in [9.17, 15) is 9.59 Å². The Hall–Kier alpha value is -2.20. The predicted octanol–water partition coefficient (Wildman–Crippen LogP) is 5.12. The Morgan fingerprint density at radius 2 is 1.87 bits per heavy atom. The minimum atomic E-state index is -0.318. The Morgan fingerprint density at radius 1 is 1.13 bits per heavy atom. The van der Waals surface area contributed by atoms with E-state index in [0.29, 0.717) is 28.8 Å². The molecule has 2 aromatic carbocycles. The summed E-state index contributed by atoms with van der Waals surface area (Å²) in [5, 5.41) is -0.299. The number of aryl methyl sites for hydroxylation is 1. The lowest BCUT2D eigenvalue weighted by atomic mass is 10.2. The molecule has 158 valence electrons. The molecule has 0 spiro atoms. The standard InChI is InChI=1S/C22H22INO5S/c1-4-28-18-12-15(11-17(23)20(18)27-3)13-19-21(25)24(22(26)30-19)9-10-29-16-7-5-14(2)6-8-16/h5-8,11-13H,4,9-10H2,1-3H3/b19-13-. The summed E-state index contributed by atoms with van der Waals surface area (Å²) >= 11 is 3.09. The average molecular weight is 539 g/mol. The second-order valence-electron chi connectivity index (χ2n) is 6.46. The number of nitrogens with zero attached hydrogens (tertiary/aromatic N) is 1. The normalized spacial score (nSPS) is 15.1. The van der Waals surface area contributed by atoms with Crippen molar-refractivity contribution in [1.29, 1.82) is 0 Å². The molecule has 30 heavy (non-hydrogen) atoms. The molecule has 0 radical (unpaired) electrons. The number of hydrogen-bond acceptors (Lipinski definition) is 6. The summed E-state index contributed by atoms with van der Waals surface area (Å²) in [6, 6.07) is 11.3. The van der Waals surface area contributed by atoms with E-state index in [1.165, 1.54) is 4.90 Å². The Labute approximate surface area is 193 Å². The molecule has 0 unspecified atom stereocenters. The van der Waals surface area contributed by atoms with Crippen molar-refractivity contribution in [3.63, 3.8) is 0 Å². The Morgan fingerprint density at radius 3 is 2.53 bits per heavy atom. The number of methoxy groups -OCH3 is 1. The zero-order valence-electron chi connectivity index (χ0n) is 16.9. The second-order valence-corrected chi connectivity index (χ2v) is 8.62. The summed E-state index contributed by atoms with van der Waals surface area (Å²) in [6.07, 6.45) is 1.70. The lowest BCUT2D eigenvalue weighted by molar-refractivity contribution is -0.123. The number of hydrogen-bond donors (Lipinski definition) is 0. The fourth-order valence-corrected chi connectivity index (χ4v) is 4.58. The number of imide groups is 1. The van der Waals surface area contributed by atoms with Gasteiger partial charge in [-0.05, 0) is 84.1 Å². The third-order valence-corrected chi connectivity index (χ3v) is 6.02. The summed E-state index contributed by atoms with van der Waals surface area (Å²) in [5.74, 6) is 1.64. The lowest BCUT2D eigenvalue weighted by Crippen LogP contribution is -2.32. The average Bonchev–Trinajstić information content (AvgIpc) is 2.97. The van der Waals surface area contributed by atoms with E-state index in [4.69, 9.17) is 14.2 Å². The molecule has 0 saturated carbocycles. The molecule has 1 saturated heterocycles. The minimum Gasteiger partial charge on any atom is -0.492 e. The first-order valence-electron chi connectivity index (χ1n) is 9.38. The van der Waals surface area contributed by atoms with Crippen LogP contribution in [0.4, 0.5) is 4.79 Å². The molecule has 0 aromatic heterocycles. The number of thioether (sulfide) groups is 1. The number of carbonyl (C=O) groups excluding carboxylic acids is 2. The van der Waals surface area contributed by atoms with Gasteiger partial charge >= 0.3 is 0 Å². The Kier molecular flexibility index (Phi) is 7.65. The molecule has 0 bridgehead atoms. The van der Waals surface area contributed by atoms with Gasteiger partial charge < -0.3 is 14.2 Å². The van der Waals surface area contributed by atoms with Crippen molar-refractivity contribution in [2.24, 2.45) is 0 Å². The van der Waals surface area contributed by atoms with E-state index in [-0.39, 0.29) is 24.3 Å². The van der Waals surface area contributed by atoms with Gasteiger partial charge in [-0.15, -0.1) is 0 Å². The quantitative estimate of drug-likeness (QED) is 0.343. The van der Waals surface area contributed by atoms with Gasteiger partial charge in [-0.1, -0.05) is 17.7 Å². The van der Waals surface area contributed by atoms with Crippen LogP contribution in [-0.4, -0.2) is 42.9 Å². The van der Waals surface area contributed by atoms with Crippen LogP contribution in [-0.2, 0) is 4.79 Å².